The number of likely N-dealkylation sites (tertiary alicyclic amines) is 1. The number of nitrogens with zero attached hydrogens (tertiary/aromatic N) is 1. The molecule has 0 bridgehead atoms. The Hall–Kier alpha value is -1.06. The van der Waals surface area contributed by atoms with Crippen molar-refractivity contribution >= 4 is 11.8 Å². The quantitative estimate of drug-likeness (QED) is 0.869. The largest absolute Gasteiger partial charge is 0.354 e. The van der Waals surface area contributed by atoms with Gasteiger partial charge in [0.15, 0.2) is 0 Å². The third-order valence-electron chi connectivity index (χ3n) is 4.97. The highest BCUT2D eigenvalue weighted by molar-refractivity contribution is 5.81. The first-order valence-corrected chi connectivity index (χ1v) is 8.56. The van der Waals surface area contributed by atoms with E-state index >= 15 is 0 Å². The molecule has 2 amide bonds. The third kappa shape index (κ3) is 4.45. The minimum atomic E-state index is 0.109. The summed E-state index contributed by atoms with van der Waals surface area (Å²) in [6, 6.07) is 0.201. The summed E-state index contributed by atoms with van der Waals surface area (Å²) in [5.74, 6) is 1.52. The van der Waals surface area contributed by atoms with E-state index in [0.29, 0.717) is 5.91 Å². The average Bonchev–Trinajstić information content (AvgIpc) is 2.47. The van der Waals surface area contributed by atoms with Gasteiger partial charge in [-0.1, -0.05) is 6.92 Å². The molecule has 21 heavy (non-hydrogen) atoms. The number of hydrogen-bond acceptors (Lipinski definition) is 2. The SMILES string of the molecule is CC1CCN(C(=O)C2CCC(C(=O)NC(C)C)CC2)CC1. The second-order valence-electron chi connectivity index (χ2n) is 7.22. The van der Waals surface area contributed by atoms with Crippen LogP contribution in [0.3, 0.4) is 0 Å². The van der Waals surface area contributed by atoms with Crippen molar-refractivity contribution in [1.29, 1.82) is 0 Å². The number of nitrogens with one attached hydrogen (secondary N) is 1. The van der Waals surface area contributed by atoms with Gasteiger partial charge in [-0.05, 0) is 58.3 Å². The zero-order valence-electron chi connectivity index (χ0n) is 13.7. The van der Waals surface area contributed by atoms with E-state index in [1.54, 1.807) is 0 Å². The van der Waals surface area contributed by atoms with Crippen molar-refractivity contribution in [2.75, 3.05) is 13.1 Å². The highest BCUT2D eigenvalue weighted by atomic mass is 16.2. The van der Waals surface area contributed by atoms with Gasteiger partial charge in [0.2, 0.25) is 11.8 Å². The van der Waals surface area contributed by atoms with Gasteiger partial charge in [0.05, 0.1) is 0 Å². The van der Waals surface area contributed by atoms with E-state index < -0.39 is 0 Å². The molecule has 4 nitrogen and oxygen atoms in total. The summed E-state index contributed by atoms with van der Waals surface area (Å²) in [5.41, 5.74) is 0. The van der Waals surface area contributed by atoms with Crippen LogP contribution in [-0.4, -0.2) is 35.8 Å². The Balaban J connectivity index is 1.78. The van der Waals surface area contributed by atoms with Gasteiger partial charge in [-0.2, -0.15) is 0 Å². The lowest BCUT2D eigenvalue weighted by Gasteiger charge is -2.35. The summed E-state index contributed by atoms with van der Waals surface area (Å²) in [6.45, 7) is 8.09. The highest BCUT2D eigenvalue weighted by Gasteiger charge is 2.33. The van der Waals surface area contributed by atoms with Crippen molar-refractivity contribution in [2.45, 2.75) is 65.3 Å². The van der Waals surface area contributed by atoms with Crippen LogP contribution in [0.4, 0.5) is 0 Å². The molecule has 0 spiro atoms. The minimum absolute atomic E-state index is 0.109. The molecule has 120 valence electrons. The molecular weight excluding hydrogens is 264 g/mol. The maximum absolute atomic E-state index is 12.5. The summed E-state index contributed by atoms with van der Waals surface area (Å²) in [5, 5.41) is 2.99. The zero-order valence-corrected chi connectivity index (χ0v) is 13.7. The van der Waals surface area contributed by atoms with Crippen molar-refractivity contribution < 1.29 is 9.59 Å². The van der Waals surface area contributed by atoms with E-state index in [-0.39, 0.29) is 23.8 Å². The minimum Gasteiger partial charge on any atom is -0.354 e. The summed E-state index contributed by atoms with van der Waals surface area (Å²) >= 11 is 0. The second-order valence-corrected chi connectivity index (χ2v) is 7.22. The summed E-state index contributed by atoms with van der Waals surface area (Å²) < 4.78 is 0. The van der Waals surface area contributed by atoms with Crippen LogP contribution in [0.2, 0.25) is 0 Å². The normalized spacial score (nSPS) is 27.7. The van der Waals surface area contributed by atoms with Crippen LogP contribution in [0.5, 0.6) is 0 Å². The molecule has 0 unspecified atom stereocenters. The maximum atomic E-state index is 12.5. The van der Waals surface area contributed by atoms with Gasteiger partial charge in [-0.15, -0.1) is 0 Å². The standard InChI is InChI=1S/C17H30N2O2/c1-12(2)18-16(20)14-4-6-15(7-5-14)17(21)19-10-8-13(3)9-11-19/h12-15H,4-11H2,1-3H3,(H,18,20). The second kappa shape index (κ2) is 7.28. The fourth-order valence-electron chi connectivity index (χ4n) is 3.49. The molecule has 0 atom stereocenters. The van der Waals surface area contributed by atoms with Gasteiger partial charge in [0.25, 0.3) is 0 Å². The molecular formula is C17H30N2O2. The van der Waals surface area contributed by atoms with Crippen LogP contribution in [-0.2, 0) is 9.59 Å². The first kappa shape index (κ1) is 16.3. The highest BCUT2D eigenvalue weighted by Crippen LogP contribution is 2.31. The molecule has 2 rings (SSSR count). The van der Waals surface area contributed by atoms with E-state index in [9.17, 15) is 9.59 Å². The lowest BCUT2D eigenvalue weighted by atomic mass is 9.80. The molecule has 0 aromatic heterocycles. The lowest BCUT2D eigenvalue weighted by molar-refractivity contribution is -0.139. The molecule has 1 saturated carbocycles. The predicted molar refractivity (Wildman–Crippen MR) is 83.7 cm³/mol. The molecule has 1 aliphatic heterocycles. The molecule has 4 heteroatoms. The molecule has 1 N–H and O–H groups in total. The average molecular weight is 294 g/mol. The van der Waals surface area contributed by atoms with Crippen LogP contribution in [0, 0.1) is 17.8 Å². The molecule has 0 aromatic carbocycles. The molecule has 1 aliphatic carbocycles. The first-order valence-electron chi connectivity index (χ1n) is 8.56. The summed E-state index contributed by atoms with van der Waals surface area (Å²) in [6.07, 6.45) is 5.75. The van der Waals surface area contributed by atoms with Crippen molar-refractivity contribution in [3.05, 3.63) is 0 Å². The topological polar surface area (TPSA) is 49.4 Å². The fourth-order valence-corrected chi connectivity index (χ4v) is 3.49. The van der Waals surface area contributed by atoms with Crippen molar-refractivity contribution in [3.8, 4) is 0 Å². The molecule has 1 heterocycles. The van der Waals surface area contributed by atoms with Crippen LogP contribution >= 0.6 is 0 Å². The number of rotatable bonds is 3. The molecule has 2 aliphatic rings. The van der Waals surface area contributed by atoms with Crippen molar-refractivity contribution in [3.63, 3.8) is 0 Å². The van der Waals surface area contributed by atoms with Crippen molar-refractivity contribution in [1.82, 2.24) is 10.2 Å². The Labute approximate surface area is 128 Å². The van der Waals surface area contributed by atoms with E-state index in [2.05, 4.69) is 17.1 Å². The zero-order chi connectivity index (χ0) is 15.4. The Bertz CT molecular complexity index is 365. The van der Waals surface area contributed by atoms with E-state index in [0.717, 1.165) is 57.5 Å². The molecule has 1 saturated heterocycles. The Morgan fingerprint density at radius 3 is 2.00 bits per heavy atom. The summed E-state index contributed by atoms with van der Waals surface area (Å²) in [7, 11) is 0. The fraction of sp³-hybridized carbons (Fsp3) is 0.882. The number of amides is 2. The molecule has 2 fully saturated rings. The smallest absolute Gasteiger partial charge is 0.225 e. The van der Waals surface area contributed by atoms with Crippen LogP contribution < -0.4 is 5.32 Å². The van der Waals surface area contributed by atoms with Gasteiger partial charge < -0.3 is 10.2 Å². The van der Waals surface area contributed by atoms with Gasteiger partial charge in [-0.3, -0.25) is 9.59 Å². The number of carbonyl (C=O) groups is 2. The van der Waals surface area contributed by atoms with Crippen LogP contribution in [0.1, 0.15) is 59.3 Å². The van der Waals surface area contributed by atoms with Gasteiger partial charge in [0.1, 0.15) is 0 Å². The monoisotopic (exact) mass is 294 g/mol. The van der Waals surface area contributed by atoms with E-state index in [4.69, 9.17) is 0 Å². The Morgan fingerprint density at radius 1 is 0.952 bits per heavy atom. The van der Waals surface area contributed by atoms with Gasteiger partial charge >= 0.3 is 0 Å². The molecule has 0 aromatic rings. The molecule has 0 radical (unpaired) electrons. The van der Waals surface area contributed by atoms with Crippen LogP contribution in [0.25, 0.3) is 0 Å². The number of hydrogen-bond donors (Lipinski definition) is 1. The number of piperidine rings is 1. The first-order chi connectivity index (χ1) is 9.97. The van der Waals surface area contributed by atoms with Gasteiger partial charge in [-0.25, -0.2) is 0 Å². The van der Waals surface area contributed by atoms with E-state index in [1.165, 1.54) is 0 Å². The Kier molecular flexibility index (Phi) is 5.65. The number of carbonyl (C=O) groups excluding carboxylic acids is 2. The Morgan fingerprint density at radius 2 is 1.48 bits per heavy atom. The van der Waals surface area contributed by atoms with E-state index in [1.807, 2.05) is 13.8 Å². The van der Waals surface area contributed by atoms with Gasteiger partial charge in [0, 0.05) is 31.0 Å². The third-order valence-corrected chi connectivity index (χ3v) is 4.97. The maximum Gasteiger partial charge on any atom is 0.225 e. The lowest BCUT2D eigenvalue weighted by Crippen LogP contribution is -2.43. The van der Waals surface area contributed by atoms with Crippen molar-refractivity contribution in [2.24, 2.45) is 17.8 Å². The summed E-state index contributed by atoms with van der Waals surface area (Å²) in [4.78, 5) is 26.6. The predicted octanol–water partition coefficient (Wildman–Crippen LogP) is 2.58. The van der Waals surface area contributed by atoms with Crippen LogP contribution in [0.15, 0.2) is 0 Å².